The average molecular weight is 455 g/mol. The van der Waals surface area contributed by atoms with Crippen molar-refractivity contribution in [1.82, 2.24) is 10.2 Å². The number of likely N-dealkylation sites (N-methyl/N-ethyl adjacent to an activating group) is 2. The highest BCUT2D eigenvalue weighted by Crippen LogP contribution is 2.26. The summed E-state index contributed by atoms with van der Waals surface area (Å²) in [7, 11) is 5.04. The van der Waals surface area contributed by atoms with Gasteiger partial charge in [-0.3, -0.25) is 4.79 Å². The van der Waals surface area contributed by atoms with Crippen LogP contribution in [0.4, 0.5) is 0 Å². The second-order valence-electron chi connectivity index (χ2n) is 7.12. The highest BCUT2D eigenvalue weighted by molar-refractivity contribution is 7.80. The Kier molecular flexibility index (Phi) is 9.96. The molecule has 1 N–H and O–H groups in total. The fraction of sp³-hybridized carbons (Fsp3) is 0.571. The summed E-state index contributed by atoms with van der Waals surface area (Å²) in [5, 5.41) is 3.49. The van der Waals surface area contributed by atoms with Crippen LogP contribution in [0.3, 0.4) is 0 Å². The number of hydrogen-bond acceptors (Lipinski definition) is 9. The van der Waals surface area contributed by atoms with Crippen LogP contribution in [0.5, 0.6) is 5.75 Å². The second-order valence-corrected chi connectivity index (χ2v) is 7.47. The van der Waals surface area contributed by atoms with Gasteiger partial charge in [-0.25, -0.2) is 4.79 Å². The van der Waals surface area contributed by atoms with Crippen molar-refractivity contribution in [3.05, 3.63) is 29.8 Å². The maximum absolute atomic E-state index is 11.9. The number of carbonyl (C=O) groups excluding carboxylic acids is 2. The molecule has 0 bridgehead atoms. The second kappa shape index (κ2) is 12.4. The van der Waals surface area contributed by atoms with E-state index in [1.54, 1.807) is 12.1 Å². The molecule has 10 heteroatoms. The van der Waals surface area contributed by atoms with Gasteiger partial charge in [-0.15, -0.1) is 0 Å². The fourth-order valence-electron chi connectivity index (χ4n) is 2.98. The third-order valence-corrected chi connectivity index (χ3v) is 5.04. The lowest BCUT2D eigenvalue weighted by Gasteiger charge is -2.33. The molecule has 1 saturated heterocycles. The number of methoxy groups -OCH3 is 1. The lowest BCUT2D eigenvalue weighted by Crippen LogP contribution is -2.44. The Labute approximate surface area is 187 Å². The van der Waals surface area contributed by atoms with E-state index in [1.807, 2.05) is 31.1 Å². The number of thiocarbonyl (C=S) groups is 1. The van der Waals surface area contributed by atoms with Crippen LogP contribution in [0.25, 0.3) is 0 Å². The summed E-state index contributed by atoms with van der Waals surface area (Å²) < 4.78 is 27.2. The van der Waals surface area contributed by atoms with Gasteiger partial charge < -0.3 is 33.9 Å². The van der Waals surface area contributed by atoms with Crippen LogP contribution in [0.15, 0.2) is 24.3 Å². The minimum absolute atomic E-state index is 0.227. The first kappa shape index (κ1) is 24.8. The molecule has 1 aliphatic heterocycles. The Bertz CT molecular complexity index is 744. The van der Waals surface area contributed by atoms with E-state index in [1.165, 1.54) is 14.0 Å². The van der Waals surface area contributed by atoms with Gasteiger partial charge in [0.25, 0.3) is 5.17 Å². The van der Waals surface area contributed by atoms with Gasteiger partial charge in [-0.1, -0.05) is 12.1 Å². The third-order valence-electron chi connectivity index (χ3n) is 4.61. The van der Waals surface area contributed by atoms with E-state index in [-0.39, 0.29) is 6.42 Å². The lowest BCUT2D eigenvalue weighted by atomic mass is 10.0. The zero-order valence-corrected chi connectivity index (χ0v) is 19.1. The predicted molar refractivity (Wildman–Crippen MR) is 116 cm³/mol. The first-order valence-corrected chi connectivity index (χ1v) is 10.4. The zero-order chi connectivity index (χ0) is 22.8. The molecule has 0 saturated carbocycles. The molecule has 2 rings (SSSR count). The first-order valence-electron chi connectivity index (χ1n) is 10.0. The maximum atomic E-state index is 11.9. The molecule has 0 amide bonds. The molecular weight excluding hydrogens is 424 g/mol. The fourth-order valence-corrected chi connectivity index (χ4v) is 3.13. The topological polar surface area (TPSA) is 95.6 Å². The molecule has 0 radical (unpaired) electrons. The minimum Gasteiger partial charge on any atom is -0.467 e. The molecule has 3 unspecified atom stereocenters. The molecule has 1 aromatic rings. The SMILES string of the molecule is CNCCN(C)C(=S)OCc1ccc(OC2CC(OC(C)=O)CC(C(=O)OC)O2)cc1. The number of esters is 2. The smallest absolute Gasteiger partial charge is 0.335 e. The molecule has 9 nitrogen and oxygen atoms in total. The number of hydrogen-bond donors (Lipinski definition) is 1. The molecule has 1 fully saturated rings. The first-order chi connectivity index (χ1) is 14.8. The molecule has 172 valence electrons. The van der Waals surface area contributed by atoms with Crippen LogP contribution in [0.2, 0.25) is 0 Å². The van der Waals surface area contributed by atoms with Crippen LogP contribution in [0.1, 0.15) is 25.3 Å². The summed E-state index contributed by atoms with van der Waals surface area (Å²) in [5.41, 5.74) is 0.923. The molecule has 1 heterocycles. The summed E-state index contributed by atoms with van der Waals surface area (Å²) in [6.45, 7) is 3.22. The average Bonchev–Trinajstić information content (AvgIpc) is 2.75. The highest BCUT2D eigenvalue weighted by atomic mass is 32.1. The summed E-state index contributed by atoms with van der Waals surface area (Å²) >= 11 is 5.27. The van der Waals surface area contributed by atoms with Crippen molar-refractivity contribution in [3.63, 3.8) is 0 Å². The number of carbonyl (C=O) groups is 2. The normalized spacial score (nSPS) is 20.5. The van der Waals surface area contributed by atoms with Crippen LogP contribution in [-0.4, -0.2) is 74.8 Å². The summed E-state index contributed by atoms with van der Waals surface area (Å²) in [4.78, 5) is 25.1. The van der Waals surface area contributed by atoms with Crippen LogP contribution >= 0.6 is 12.2 Å². The number of ether oxygens (including phenoxy) is 5. The predicted octanol–water partition coefficient (Wildman–Crippen LogP) is 1.63. The Balaban J connectivity index is 1.90. The van der Waals surface area contributed by atoms with E-state index in [4.69, 9.17) is 35.9 Å². The molecule has 1 aliphatic rings. The van der Waals surface area contributed by atoms with E-state index in [2.05, 4.69) is 5.32 Å². The quantitative estimate of drug-likeness (QED) is 0.438. The van der Waals surface area contributed by atoms with Gasteiger partial charge in [-0.2, -0.15) is 0 Å². The van der Waals surface area contributed by atoms with Gasteiger partial charge in [0.15, 0.2) is 6.10 Å². The zero-order valence-electron chi connectivity index (χ0n) is 18.3. The van der Waals surface area contributed by atoms with E-state index >= 15 is 0 Å². The summed E-state index contributed by atoms with van der Waals surface area (Å²) in [5.74, 6) is -0.406. The van der Waals surface area contributed by atoms with Gasteiger partial charge in [0.05, 0.1) is 7.11 Å². The molecular formula is C21H30N2O7S. The van der Waals surface area contributed by atoms with Crippen LogP contribution in [0, 0.1) is 0 Å². The molecule has 0 spiro atoms. The molecule has 0 aromatic heterocycles. The van der Waals surface area contributed by atoms with E-state index in [0.717, 1.165) is 18.7 Å². The third kappa shape index (κ3) is 8.31. The maximum Gasteiger partial charge on any atom is 0.335 e. The van der Waals surface area contributed by atoms with Crippen LogP contribution in [-0.2, 0) is 35.1 Å². The van der Waals surface area contributed by atoms with Gasteiger partial charge in [-0.05, 0) is 37.0 Å². The van der Waals surface area contributed by atoms with Crippen molar-refractivity contribution >= 4 is 29.3 Å². The largest absolute Gasteiger partial charge is 0.467 e. The Morgan fingerprint density at radius 3 is 2.58 bits per heavy atom. The van der Waals surface area contributed by atoms with Crippen LogP contribution < -0.4 is 10.1 Å². The lowest BCUT2D eigenvalue weighted by molar-refractivity contribution is -0.204. The van der Waals surface area contributed by atoms with Crippen molar-refractivity contribution in [3.8, 4) is 5.75 Å². The number of nitrogens with zero attached hydrogens (tertiary/aromatic N) is 1. The van der Waals surface area contributed by atoms with Crippen molar-refractivity contribution in [2.24, 2.45) is 0 Å². The van der Waals surface area contributed by atoms with E-state index in [9.17, 15) is 9.59 Å². The van der Waals surface area contributed by atoms with Gasteiger partial charge >= 0.3 is 11.9 Å². The van der Waals surface area contributed by atoms with E-state index < -0.39 is 30.4 Å². The monoisotopic (exact) mass is 454 g/mol. The van der Waals surface area contributed by atoms with Crippen molar-refractivity contribution in [1.29, 1.82) is 0 Å². The summed E-state index contributed by atoms with van der Waals surface area (Å²) in [6, 6.07) is 7.27. The number of rotatable bonds is 9. The Morgan fingerprint density at radius 2 is 1.97 bits per heavy atom. The number of nitrogens with one attached hydrogen (secondary N) is 1. The Hall–Kier alpha value is -2.43. The highest BCUT2D eigenvalue weighted by Gasteiger charge is 2.37. The van der Waals surface area contributed by atoms with Crippen molar-refractivity contribution < 1.29 is 33.3 Å². The molecule has 3 atom stereocenters. The van der Waals surface area contributed by atoms with Crippen molar-refractivity contribution in [2.45, 2.75) is 44.9 Å². The summed E-state index contributed by atoms with van der Waals surface area (Å²) in [6.07, 6.45) is -1.57. The number of benzene rings is 1. The van der Waals surface area contributed by atoms with Gasteiger partial charge in [0, 0.05) is 39.9 Å². The van der Waals surface area contributed by atoms with E-state index in [0.29, 0.717) is 24.0 Å². The van der Waals surface area contributed by atoms with Crippen molar-refractivity contribution in [2.75, 3.05) is 34.3 Å². The Morgan fingerprint density at radius 1 is 1.26 bits per heavy atom. The van der Waals surface area contributed by atoms with Gasteiger partial charge in [0.2, 0.25) is 6.29 Å². The molecule has 31 heavy (non-hydrogen) atoms. The minimum atomic E-state index is -0.860. The van der Waals surface area contributed by atoms with Gasteiger partial charge in [0.1, 0.15) is 18.5 Å². The molecule has 1 aromatic carbocycles. The molecule has 0 aliphatic carbocycles. The standard InChI is InChI=1S/C21H30N2O7S/c1-14(24)28-17-11-18(20(25)26-4)30-19(12-17)29-16-7-5-15(6-8-16)13-27-21(31)23(3)10-9-22-2/h5-8,17-19,22H,9-13H2,1-4H3.